The molecule has 0 saturated heterocycles. The first-order valence-electron chi connectivity index (χ1n) is 4.81. The van der Waals surface area contributed by atoms with Crippen LogP contribution in [0, 0.1) is 0 Å². The molecule has 0 aliphatic carbocycles. The number of nitrogens with one attached hydrogen (secondary N) is 1. The van der Waals surface area contributed by atoms with Crippen molar-refractivity contribution in [3.63, 3.8) is 0 Å². The molecule has 0 fully saturated rings. The zero-order valence-electron chi connectivity index (χ0n) is 9.21. The normalized spacial score (nSPS) is 11.3. The third-order valence-corrected chi connectivity index (χ3v) is 4.25. The summed E-state index contributed by atoms with van der Waals surface area (Å²) in [6, 6.07) is 2.57. The van der Waals surface area contributed by atoms with Crippen molar-refractivity contribution in [3.8, 4) is 0 Å². The first kappa shape index (κ1) is 13.8. The topological polar surface area (TPSA) is 111 Å². The zero-order chi connectivity index (χ0) is 14.0. The molecule has 3 N–H and O–H groups in total. The molecule has 2 rings (SSSR count). The maximum absolute atomic E-state index is 12.1. The molecule has 0 spiro atoms. The van der Waals surface area contributed by atoms with Gasteiger partial charge in [-0.2, -0.15) is 5.10 Å². The van der Waals surface area contributed by atoms with Crippen LogP contribution in [0.2, 0.25) is 10.0 Å². The fourth-order valence-corrected chi connectivity index (χ4v) is 3.48. The van der Waals surface area contributed by atoms with E-state index in [1.165, 1.54) is 24.5 Å². The van der Waals surface area contributed by atoms with E-state index >= 15 is 0 Å². The van der Waals surface area contributed by atoms with Crippen LogP contribution in [0.4, 0.5) is 11.6 Å². The van der Waals surface area contributed by atoms with Crippen molar-refractivity contribution in [1.29, 1.82) is 0 Å². The number of hydrogen-bond acceptors (Lipinski definition) is 6. The van der Waals surface area contributed by atoms with Gasteiger partial charge >= 0.3 is 0 Å². The van der Waals surface area contributed by atoms with Crippen molar-refractivity contribution in [2.45, 2.75) is 4.90 Å². The van der Waals surface area contributed by atoms with E-state index < -0.39 is 10.0 Å². The Morgan fingerprint density at radius 2 is 1.79 bits per heavy atom. The molecule has 19 heavy (non-hydrogen) atoms. The van der Waals surface area contributed by atoms with Crippen LogP contribution in [0.25, 0.3) is 0 Å². The first-order chi connectivity index (χ1) is 8.90. The Labute approximate surface area is 118 Å². The van der Waals surface area contributed by atoms with Crippen LogP contribution in [0.3, 0.4) is 0 Å². The van der Waals surface area contributed by atoms with E-state index in [9.17, 15) is 8.42 Å². The van der Waals surface area contributed by atoms with Crippen LogP contribution in [0.5, 0.6) is 0 Å². The Morgan fingerprint density at radius 3 is 2.32 bits per heavy atom. The molecule has 10 heteroatoms. The van der Waals surface area contributed by atoms with E-state index in [1.54, 1.807) is 0 Å². The van der Waals surface area contributed by atoms with Gasteiger partial charge < -0.3 is 5.73 Å². The predicted octanol–water partition coefficient (Wildman–Crippen LogP) is 1.56. The van der Waals surface area contributed by atoms with Crippen LogP contribution in [-0.4, -0.2) is 23.6 Å². The molecule has 1 heterocycles. The van der Waals surface area contributed by atoms with Gasteiger partial charge in [-0.1, -0.05) is 23.2 Å². The summed E-state index contributed by atoms with van der Waals surface area (Å²) >= 11 is 11.7. The van der Waals surface area contributed by atoms with Gasteiger partial charge in [0, 0.05) is 5.69 Å². The van der Waals surface area contributed by atoms with Crippen molar-refractivity contribution >= 4 is 44.9 Å². The smallest absolute Gasteiger partial charge is 0.267 e. The minimum absolute atomic E-state index is 0.0959. The second-order valence-corrected chi connectivity index (χ2v) is 5.82. The molecule has 0 amide bonds. The molecule has 7 nitrogen and oxygen atoms in total. The predicted molar refractivity (Wildman–Crippen MR) is 71.5 cm³/mol. The summed E-state index contributed by atoms with van der Waals surface area (Å²) in [5, 5.41) is 6.81. The number of sulfonamides is 1. The molecule has 1 aromatic heterocycles. The minimum atomic E-state index is -4.03. The number of nitrogens with zero attached hydrogens (tertiary/aromatic N) is 3. The van der Waals surface area contributed by atoms with Gasteiger partial charge in [0.05, 0.1) is 22.4 Å². The van der Waals surface area contributed by atoms with Crippen molar-refractivity contribution in [1.82, 2.24) is 15.2 Å². The number of hydrogen-bond donors (Lipinski definition) is 2. The van der Waals surface area contributed by atoms with Crippen molar-refractivity contribution in [2.75, 3.05) is 10.5 Å². The molecule has 0 aliphatic rings. The second-order valence-electron chi connectivity index (χ2n) is 3.39. The van der Waals surface area contributed by atoms with Gasteiger partial charge in [0.1, 0.15) is 4.90 Å². The highest BCUT2D eigenvalue weighted by atomic mass is 35.5. The number of nitrogens with two attached hydrogens (primary N) is 1. The third kappa shape index (κ3) is 3.03. The highest BCUT2D eigenvalue weighted by molar-refractivity contribution is 7.93. The van der Waals surface area contributed by atoms with Gasteiger partial charge in [0.25, 0.3) is 16.0 Å². The highest BCUT2D eigenvalue weighted by Crippen LogP contribution is 2.32. The summed E-state index contributed by atoms with van der Waals surface area (Å²) in [6.07, 6.45) is 2.60. The summed E-state index contributed by atoms with van der Waals surface area (Å²) in [5.41, 5.74) is 5.76. The van der Waals surface area contributed by atoms with Gasteiger partial charge in [-0.25, -0.2) is 18.1 Å². The van der Waals surface area contributed by atoms with E-state index in [1.807, 2.05) is 0 Å². The number of rotatable bonds is 3. The molecule has 2 aromatic rings. The molecule has 1 aromatic carbocycles. The molecule has 0 unspecified atom stereocenters. The SMILES string of the molecule is Nc1cc(Cl)c(S(=O)(=O)Nc2nccnn2)c(Cl)c1. The van der Waals surface area contributed by atoms with Crippen molar-refractivity contribution < 1.29 is 8.42 Å². The van der Waals surface area contributed by atoms with Gasteiger partial charge in [0.2, 0.25) is 0 Å². The molecular formula is C9H7Cl2N5O2S. The Bertz CT molecular complexity index is 685. The van der Waals surface area contributed by atoms with Gasteiger partial charge in [-0.3, -0.25) is 0 Å². The van der Waals surface area contributed by atoms with Crippen LogP contribution >= 0.6 is 23.2 Å². The van der Waals surface area contributed by atoms with Crippen LogP contribution in [-0.2, 0) is 10.0 Å². The fourth-order valence-electron chi connectivity index (χ4n) is 1.30. The number of halogens is 2. The summed E-state index contributed by atoms with van der Waals surface area (Å²) in [4.78, 5) is 3.40. The standard InChI is InChI=1S/C9H7Cl2N5O2S/c10-6-3-5(12)4-7(11)8(6)19(17,18)16-9-13-1-2-14-15-9/h1-4H,12H2,(H,13,15,16). The Morgan fingerprint density at radius 1 is 1.16 bits per heavy atom. The Hall–Kier alpha value is -1.64. The lowest BCUT2D eigenvalue weighted by molar-refractivity contribution is 0.600. The second kappa shape index (κ2) is 5.16. The van der Waals surface area contributed by atoms with E-state index in [0.29, 0.717) is 0 Å². The maximum Gasteiger partial charge on any atom is 0.267 e. The Balaban J connectivity index is 2.46. The lowest BCUT2D eigenvalue weighted by Gasteiger charge is -2.10. The Kier molecular flexibility index (Phi) is 3.74. The number of anilines is 2. The minimum Gasteiger partial charge on any atom is -0.399 e. The zero-order valence-corrected chi connectivity index (χ0v) is 11.5. The molecule has 0 aliphatic heterocycles. The molecular weight excluding hydrogens is 313 g/mol. The van der Waals surface area contributed by atoms with Crippen LogP contribution in [0.1, 0.15) is 0 Å². The summed E-state index contributed by atoms with van der Waals surface area (Å²) in [6.45, 7) is 0. The van der Waals surface area contributed by atoms with Crippen LogP contribution in [0.15, 0.2) is 29.4 Å². The molecule has 0 saturated carbocycles. The van der Waals surface area contributed by atoms with Crippen molar-refractivity contribution in [2.24, 2.45) is 0 Å². The summed E-state index contributed by atoms with van der Waals surface area (Å²) < 4.78 is 26.4. The van der Waals surface area contributed by atoms with Gasteiger partial charge in [-0.15, -0.1) is 5.10 Å². The number of nitrogen functional groups attached to an aromatic ring is 1. The monoisotopic (exact) mass is 319 g/mol. The van der Waals surface area contributed by atoms with Crippen molar-refractivity contribution in [3.05, 3.63) is 34.6 Å². The number of aromatic nitrogens is 3. The summed E-state index contributed by atoms with van der Waals surface area (Å²) in [7, 11) is -4.03. The number of benzene rings is 1. The molecule has 100 valence electrons. The lowest BCUT2D eigenvalue weighted by Crippen LogP contribution is -2.16. The van der Waals surface area contributed by atoms with Gasteiger partial charge in [0.15, 0.2) is 0 Å². The average Bonchev–Trinajstić information content (AvgIpc) is 2.27. The van der Waals surface area contributed by atoms with E-state index in [0.717, 1.165) is 0 Å². The summed E-state index contributed by atoms with van der Waals surface area (Å²) in [5.74, 6) is -0.188. The van der Waals surface area contributed by atoms with E-state index in [-0.39, 0.29) is 26.6 Å². The fraction of sp³-hybridized carbons (Fsp3) is 0. The average molecular weight is 320 g/mol. The molecule has 0 radical (unpaired) electrons. The molecule has 0 bridgehead atoms. The quantitative estimate of drug-likeness (QED) is 0.830. The molecule has 0 atom stereocenters. The van der Waals surface area contributed by atoms with E-state index in [4.69, 9.17) is 28.9 Å². The highest BCUT2D eigenvalue weighted by Gasteiger charge is 2.23. The van der Waals surface area contributed by atoms with E-state index in [2.05, 4.69) is 19.9 Å². The largest absolute Gasteiger partial charge is 0.399 e. The lowest BCUT2D eigenvalue weighted by atomic mass is 10.3. The van der Waals surface area contributed by atoms with Crippen LogP contribution < -0.4 is 10.5 Å². The first-order valence-corrected chi connectivity index (χ1v) is 7.05. The van der Waals surface area contributed by atoms with Gasteiger partial charge in [-0.05, 0) is 12.1 Å². The maximum atomic E-state index is 12.1. The third-order valence-electron chi connectivity index (χ3n) is 2.00.